The normalized spacial score (nSPS) is 12.1. The molecule has 0 aliphatic carbocycles. The third kappa shape index (κ3) is 3.96. The highest BCUT2D eigenvalue weighted by Gasteiger charge is 2.19. The first-order chi connectivity index (χ1) is 14.5. The van der Waals surface area contributed by atoms with E-state index in [1.165, 1.54) is 23.4 Å². The summed E-state index contributed by atoms with van der Waals surface area (Å²) in [5.41, 5.74) is 2.90. The molecular weight excluding hydrogens is 424 g/mol. The van der Waals surface area contributed by atoms with Crippen LogP contribution >= 0.6 is 22.9 Å². The van der Waals surface area contributed by atoms with Crippen LogP contribution in [-0.2, 0) is 0 Å². The maximum atomic E-state index is 12.6. The van der Waals surface area contributed by atoms with Crippen molar-refractivity contribution in [2.24, 2.45) is 0 Å². The first-order valence-electron chi connectivity index (χ1n) is 9.32. The van der Waals surface area contributed by atoms with Crippen molar-refractivity contribution in [2.45, 2.75) is 33.1 Å². The topological polar surface area (TPSA) is 111 Å². The number of carbonyl (C=O) groups excluding carboxylic acids is 1. The molecule has 2 N–H and O–H groups in total. The van der Waals surface area contributed by atoms with Gasteiger partial charge in [-0.2, -0.15) is 10.2 Å². The number of thiazole rings is 1. The molecule has 4 heterocycles. The lowest BCUT2D eigenvalue weighted by Gasteiger charge is -2.16. The summed E-state index contributed by atoms with van der Waals surface area (Å²) in [6, 6.07) is 1.17. The Hall–Kier alpha value is -3.11. The van der Waals surface area contributed by atoms with Crippen LogP contribution in [0.3, 0.4) is 0 Å². The number of hydrogen-bond acceptors (Lipinski definition) is 7. The molecule has 0 bridgehead atoms. The number of aromatic nitrogens is 6. The van der Waals surface area contributed by atoms with Gasteiger partial charge in [0.15, 0.2) is 5.82 Å². The van der Waals surface area contributed by atoms with Gasteiger partial charge in [0.2, 0.25) is 0 Å². The van der Waals surface area contributed by atoms with Gasteiger partial charge in [0, 0.05) is 5.56 Å². The summed E-state index contributed by atoms with van der Waals surface area (Å²) in [5.74, 6) is 0.588. The van der Waals surface area contributed by atoms with Gasteiger partial charge in [0.1, 0.15) is 10.3 Å². The number of hydrogen-bond donors (Lipinski definition) is 2. The predicted molar refractivity (Wildman–Crippen MR) is 118 cm³/mol. The van der Waals surface area contributed by atoms with Gasteiger partial charge in [0.25, 0.3) is 0 Å². The van der Waals surface area contributed by atoms with E-state index in [4.69, 9.17) is 11.6 Å². The molecule has 0 saturated heterocycles. The molecule has 154 valence electrons. The molecule has 1 atom stereocenters. The molecule has 9 nitrogen and oxygen atoms in total. The van der Waals surface area contributed by atoms with E-state index in [0.29, 0.717) is 22.2 Å². The molecule has 11 heteroatoms. The van der Waals surface area contributed by atoms with Gasteiger partial charge in [0.05, 0.1) is 46.2 Å². The number of aryl methyl sites for hydroxylation is 1. The fourth-order valence-electron chi connectivity index (χ4n) is 3.06. The maximum Gasteiger partial charge on any atom is 0.323 e. The lowest BCUT2D eigenvalue weighted by atomic mass is 9.97. The average Bonchev–Trinajstić information content (AvgIpc) is 3.36. The summed E-state index contributed by atoms with van der Waals surface area (Å²) in [6.45, 7) is 6.16. The summed E-state index contributed by atoms with van der Waals surface area (Å²) in [6.07, 6.45) is 7.14. The highest BCUT2D eigenvalue weighted by Crippen LogP contribution is 2.34. The Kier molecular flexibility index (Phi) is 5.60. The number of fused-ring (bicyclic) bond motifs is 1. The average molecular weight is 443 g/mol. The SMILES string of the molecule is CCC(C)c1c(NC(=O)Nc2cnc(-n3nccn3)c(Cl)c2)cnc2sc(C)nc12. The van der Waals surface area contributed by atoms with Crippen LogP contribution in [0.2, 0.25) is 5.02 Å². The molecule has 4 rings (SSSR count). The lowest BCUT2D eigenvalue weighted by molar-refractivity contribution is 0.262. The number of urea groups is 1. The van der Waals surface area contributed by atoms with E-state index in [1.54, 1.807) is 23.6 Å². The van der Waals surface area contributed by atoms with Crippen molar-refractivity contribution in [1.82, 2.24) is 29.9 Å². The predicted octanol–water partition coefficient (Wildman–Crippen LogP) is 4.79. The van der Waals surface area contributed by atoms with Crippen LogP contribution in [0.1, 0.15) is 36.8 Å². The standard InChI is InChI=1S/C19H19ClN8OS/c1-4-10(2)15-14(9-22-18-16(15)25-11(3)30-18)27-19(29)26-12-7-13(20)17(21-8-12)28-23-5-6-24-28/h5-10H,4H2,1-3H3,(H2,26,27,29). The van der Waals surface area contributed by atoms with E-state index in [9.17, 15) is 4.79 Å². The van der Waals surface area contributed by atoms with Crippen LogP contribution in [0.5, 0.6) is 0 Å². The fraction of sp³-hybridized carbons (Fsp3) is 0.263. The van der Waals surface area contributed by atoms with Crippen molar-refractivity contribution < 1.29 is 4.79 Å². The van der Waals surface area contributed by atoms with Crippen LogP contribution in [0.25, 0.3) is 16.2 Å². The fourth-order valence-corrected chi connectivity index (χ4v) is 4.07. The van der Waals surface area contributed by atoms with Gasteiger partial charge >= 0.3 is 6.03 Å². The van der Waals surface area contributed by atoms with E-state index >= 15 is 0 Å². The number of carbonyl (C=O) groups is 1. The molecule has 0 fully saturated rings. The molecule has 4 aromatic rings. The van der Waals surface area contributed by atoms with Crippen molar-refractivity contribution in [3.63, 3.8) is 0 Å². The zero-order valence-electron chi connectivity index (χ0n) is 16.5. The monoisotopic (exact) mass is 442 g/mol. The molecule has 4 aromatic heterocycles. The van der Waals surface area contributed by atoms with E-state index < -0.39 is 6.03 Å². The number of pyridine rings is 2. The lowest BCUT2D eigenvalue weighted by Crippen LogP contribution is -2.21. The Morgan fingerprint density at radius 3 is 2.70 bits per heavy atom. The number of halogens is 1. The van der Waals surface area contributed by atoms with Gasteiger partial charge in [-0.15, -0.1) is 4.80 Å². The minimum absolute atomic E-state index is 0.212. The zero-order valence-corrected chi connectivity index (χ0v) is 18.1. The first kappa shape index (κ1) is 20.2. The van der Waals surface area contributed by atoms with Gasteiger partial charge in [-0.25, -0.2) is 19.7 Å². The van der Waals surface area contributed by atoms with Crippen molar-refractivity contribution in [3.8, 4) is 5.82 Å². The molecular formula is C19H19ClN8OS. The van der Waals surface area contributed by atoms with Crippen LogP contribution in [0.4, 0.5) is 16.2 Å². The summed E-state index contributed by atoms with van der Waals surface area (Å²) in [5, 5.41) is 14.9. The molecule has 2 amide bonds. The molecule has 0 saturated carbocycles. The third-order valence-electron chi connectivity index (χ3n) is 4.61. The Morgan fingerprint density at radius 1 is 1.23 bits per heavy atom. The third-order valence-corrected chi connectivity index (χ3v) is 5.77. The van der Waals surface area contributed by atoms with Crippen LogP contribution in [0, 0.1) is 6.92 Å². The van der Waals surface area contributed by atoms with Gasteiger partial charge in [-0.1, -0.05) is 36.8 Å². The van der Waals surface area contributed by atoms with Crippen molar-refractivity contribution in [3.05, 3.63) is 46.4 Å². The zero-order chi connectivity index (χ0) is 21.3. The largest absolute Gasteiger partial charge is 0.323 e. The molecule has 0 spiro atoms. The molecule has 0 aromatic carbocycles. The minimum Gasteiger partial charge on any atom is -0.306 e. The van der Waals surface area contributed by atoms with Crippen molar-refractivity contribution in [2.75, 3.05) is 10.6 Å². The summed E-state index contributed by atoms with van der Waals surface area (Å²) in [4.78, 5) is 28.1. The molecule has 0 radical (unpaired) electrons. The number of anilines is 2. The van der Waals surface area contributed by atoms with E-state index in [0.717, 1.165) is 27.3 Å². The quantitative estimate of drug-likeness (QED) is 0.459. The number of nitrogens with one attached hydrogen (secondary N) is 2. The highest BCUT2D eigenvalue weighted by molar-refractivity contribution is 7.18. The van der Waals surface area contributed by atoms with Gasteiger partial charge < -0.3 is 10.6 Å². The minimum atomic E-state index is -0.421. The Labute approximate surface area is 181 Å². The Morgan fingerprint density at radius 2 is 2.00 bits per heavy atom. The van der Waals surface area contributed by atoms with Gasteiger partial charge in [-0.3, -0.25) is 0 Å². The second kappa shape index (κ2) is 8.33. The van der Waals surface area contributed by atoms with Crippen LogP contribution in [0.15, 0.2) is 30.9 Å². The Balaban J connectivity index is 1.57. The summed E-state index contributed by atoms with van der Waals surface area (Å²) in [7, 11) is 0. The number of amides is 2. The van der Waals surface area contributed by atoms with Crippen molar-refractivity contribution in [1.29, 1.82) is 0 Å². The van der Waals surface area contributed by atoms with Gasteiger partial charge in [-0.05, 0) is 25.3 Å². The van der Waals surface area contributed by atoms with E-state index in [1.807, 2.05) is 6.92 Å². The highest BCUT2D eigenvalue weighted by atomic mass is 35.5. The second-order valence-corrected chi connectivity index (χ2v) is 8.30. The van der Waals surface area contributed by atoms with Crippen LogP contribution in [-0.4, -0.2) is 36.0 Å². The molecule has 30 heavy (non-hydrogen) atoms. The smallest absolute Gasteiger partial charge is 0.306 e. The first-order valence-corrected chi connectivity index (χ1v) is 10.5. The molecule has 0 aliphatic rings. The number of rotatable bonds is 5. The van der Waals surface area contributed by atoms with E-state index in [-0.39, 0.29) is 5.92 Å². The Bertz CT molecular complexity index is 1210. The maximum absolute atomic E-state index is 12.6. The second-order valence-electron chi connectivity index (χ2n) is 6.71. The van der Waals surface area contributed by atoms with Crippen LogP contribution < -0.4 is 10.6 Å². The molecule has 0 aliphatic heterocycles. The number of nitrogens with zero attached hydrogens (tertiary/aromatic N) is 6. The summed E-state index contributed by atoms with van der Waals surface area (Å²) < 4.78 is 0. The molecule has 1 unspecified atom stereocenters. The van der Waals surface area contributed by atoms with E-state index in [2.05, 4.69) is 49.6 Å². The summed E-state index contributed by atoms with van der Waals surface area (Å²) >= 11 is 7.81. The van der Waals surface area contributed by atoms with Crippen molar-refractivity contribution >= 4 is 50.7 Å².